The van der Waals surface area contributed by atoms with Crippen molar-refractivity contribution < 1.29 is 27.4 Å². The molecule has 0 amide bonds. The SMILES string of the molecule is COC(=O)CCCCCN=C(N)Nc1ccc(OC(F)(F)F)cc1.I. The van der Waals surface area contributed by atoms with Crippen LogP contribution in [0, 0.1) is 0 Å². The van der Waals surface area contributed by atoms with Crippen molar-refractivity contribution in [3.05, 3.63) is 24.3 Å². The predicted octanol–water partition coefficient (Wildman–Crippen LogP) is 3.66. The molecule has 0 fully saturated rings. The molecule has 0 aliphatic rings. The molecule has 142 valence electrons. The predicted molar refractivity (Wildman–Crippen MR) is 99.1 cm³/mol. The number of benzene rings is 1. The van der Waals surface area contributed by atoms with Crippen LogP contribution in [0.15, 0.2) is 29.3 Å². The Hall–Kier alpha value is -1.72. The fourth-order valence-corrected chi connectivity index (χ4v) is 1.79. The number of carbonyl (C=O) groups excluding carboxylic acids is 1. The Kier molecular flexibility index (Phi) is 11.0. The lowest BCUT2D eigenvalue weighted by Crippen LogP contribution is -2.23. The molecule has 0 aromatic heterocycles. The minimum absolute atomic E-state index is 0. The summed E-state index contributed by atoms with van der Waals surface area (Å²) in [4.78, 5) is 15.0. The van der Waals surface area contributed by atoms with Gasteiger partial charge in [-0.2, -0.15) is 0 Å². The van der Waals surface area contributed by atoms with Gasteiger partial charge in [-0.15, -0.1) is 37.1 Å². The maximum absolute atomic E-state index is 12.0. The van der Waals surface area contributed by atoms with Crippen molar-refractivity contribution in [1.82, 2.24) is 0 Å². The van der Waals surface area contributed by atoms with E-state index in [4.69, 9.17) is 5.73 Å². The first-order valence-electron chi connectivity index (χ1n) is 7.30. The van der Waals surface area contributed by atoms with E-state index in [1.807, 2.05) is 0 Å². The number of anilines is 1. The molecule has 6 nitrogen and oxygen atoms in total. The molecule has 0 spiro atoms. The average Bonchev–Trinajstić information content (AvgIpc) is 2.51. The summed E-state index contributed by atoms with van der Waals surface area (Å²) in [7, 11) is 1.35. The van der Waals surface area contributed by atoms with E-state index >= 15 is 0 Å². The van der Waals surface area contributed by atoms with E-state index in [1.54, 1.807) is 0 Å². The molecule has 0 aliphatic carbocycles. The number of unbranched alkanes of at least 4 members (excludes halogenated alkanes) is 2. The van der Waals surface area contributed by atoms with Gasteiger partial charge in [0.15, 0.2) is 5.96 Å². The molecule has 0 radical (unpaired) electrons. The summed E-state index contributed by atoms with van der Waals surface area (Å²) in [6.45, 7) is 0.481. The number of nitrogens with one attached hydrogen (secondary N) is 1. The Morgan fingerprint density at radius 1 is 1.20 bits per heavy atom. The van der Waals surface area contributed by atoms with Gasteiger partial charge in [0, 0.05) is 18.7 Å². The summed E-state index contributed by atoms with van der Waals surface area (Å²) in [6, 6.07) is 5.16. The zero-order valence-corrected chi connectivity index (χ0v) is 16.0. The van der Waals surface area contributed by atoms with Crippen molar-refractivity contribution >= 4 is 41.6 Å². The molecule has 0 unspecified atom stereocenters. The third-order valence-electron chi connectivity index (χ3n) is 2.91. The molecule has 3 N–H and O–H groups in total. The third-order valence-corrected chi connectivity index (χ3v) is 2.91. The van der Waals surface area contributed by atoms with E-state index in [0.717, 1.165) is 19.3 Å². The monoisotopic (exact) mass is 475 g/mol. The summed E-state index contributed by atoms with van der Waals surface area (Å²) in [6.07, 6.45) is -2.05. The standard InChI is InChI=1S/C15H20F3N3O3.HI/c1-23-13(22)5-3-2-4-10-20-14(19)21-11-6-8-12(9-7-11)24-15(16,17)18;/h6-9H,2-5,10H2,1H3,(H3,19,20,21);1H. The molecule has 0 atom stereocenters. The number of methoxy groups -OCH3 is 1. The topological polar surface area (TPSA) is 85.9 Å². The van der Waals surface area contributed by atoms with Crippen LogP contribution < -0.4 is 15.8 Å². The fraction of sp³-hybridized carbons (Fsp3) is 0.467. The van der Waals surface area contributed by atoms with Gasteiger partial charge in [0.25, 0.3) is 0 Å². The lowest BCUT2D eigenvalue weighted by Gasteiger charge is -2.10. The van der Waals surface area contributed by atoms with Gasteiger partial charge < -0.3 is 20.5 Å². The molecular formula is C15H21F3IN3O3. The van der Waals surface area contributed by atoms with Crippen molar-refractivity contribution in [2.24, 2.45) is 10.7 Å². The molecule has 25 heavy (non-hydrogen) atoms. The van der Waals surface area contributed by atoms with Gasteiger partial charge >= 0.3 is 12.3 Å². The number of esters is 1. The number of carbonyl (C=O) groups is 1. The van der Waals surface area contributed by atoms with E-state index in [-0.39, 0.29) is 41.7 Å². The fourth-order valence-electron chi connectivity index (χ4n) is 1.79. The third kappa shape index (κ3) is 11.5. The molecule has 0 bridgehead atoms. The normalized spacial score (nSPS) is 11.4. The summed E-state index contributed by atoms with van der Waals surface area (Å²) in [5.74, 6) is -0.390. The van der Waals surface area contributed by atoms with Crippen molar-refractivity contribution in [2.75, 3.05) is 19.0 Å². The summed E-state index contributed by atoms with van der Waals surface area (Å²) < 4.78 is 44.4. The molecule has 0 aliphatic heterocycles. The quantitative estimate of drug-likeness (QED) is 0.197. The Morgan fingerprint density at radius 2 is 1.84 bits per heavy atom. The van der Waals surface area contributed by atoms with E-state index in [9.17, 15) is 18.0 Å². The molecule has 1 aromatic rings. The van der Waals surface area contributed by atoms with E-state index in [2.05, 4.69) is 19.8 Å². The number of hydrogen-bond donors (Lipinski definition) is 2. The second-order valence-corrected chi connectivity index (χ2v) is 4.85. The number of alkyl halides is 3. The second kappa shape index (κ2) is 11.8. The van der Waals surface area contributed by atoms with Crippen LogP contribution in [0.2, 0.25) is 0 Å². The molecular weight excluding hydrogens is 454 g/mol. The lowest BCUT2D eigenvalue weighted by atomic mass is 10.2. The first-order valence-corrected chi connectivity index (χ1v) is 7.30. The van der Waals surface area contributed by atoms with Crippen LogP contribution in [0.3, 0.4) is 0 Å². The van der Waals surface area contributed by atoms with Gasteiger partial charge in [-0.3, -0.25) is 9.79 Å². The Morgan fingerprint density at radius 3 is 2.40 bits per heavy atom. The minimum atomic E-state index is -4.72. The van der Waals surface area contributed by atoms with Crippen LogP contribution in [-0.4, -0.2) is 31.9 Å². The maximum atomic E-state index is 12.0. The minimum Gasteiger partial charge on any atom is -0.469 e. The zero-order valence-electron chi connectivity index (χ0n) is 13.6. The highest BCUT2D eigenvalue weighted by Gasteiger charge is 2.30. The summed E-state index contributed by atoms with van der Waals surface area (Å²) in [5, 5.41) is 2.77. The van der Waals surface area contributed by atoms with E-state index in [1.165, 1.54) is 31.4 Å². The van der Waals surface area contributed by atoms with Crippen LogP contribution in [-0.2, 0) is 9.53 Å². The van der Waals surface area contributed by atoms with Gasteiger partial charge in [-0.1, -0.05) is 6.42 Å². The van der Waals surface area contributed by atoms with Gasteiger partial charge in [0.05, 0.1) is 7.11 Å². The molecule has 0 saturated carbocycles. The number of hydrogen-bond acceptors (Lipinski definition) is 4. The zero-order chi connectivity index (χ0) is 18.0. The first-order chi connectivity index (χ1) is 11.3. The summed E-state index contributed by atoms with van der Waals surface area (Å²) >= 11 is 0. The smallest absolute Gasteiger partial charge is 0.469 e. The number of nitrogens with two attached hydrogens (primary N) is 1. The summed E-state index contributed by atoms with van der Waals surface area (Å²) in [5.41, 5.74) is 6.18. The lowest BCUT2D eigenvalue weighted by molar-refractivity contribution is -0.274. The number of halogens is 4. The first kappa shape index (κ1) is 23.3. The maximum Gasteiger partial charge on any atom is 0.573 e. The number of guanidine groups is 1. The Bertz CT molecular complexity index is 551. The molecule has 1 aromatic carbocycles. The van der Waals surface area contributed by atoms with Gasteiger partial charge in [-0.05, 0) is 37.1 Å². The van der Waals surface area contributed by atoms with Gasteiger partial charge in [0.1, 0.15) is 5.75 Å². The number of ether oxygens (including phenoxy) is 2. The highest BCUT2D eigenvalue weighted by Crippen LogP contribution is 2.23. The highest BCUT2D eigenvalue weighted by atomic mass is 127. The van der Waals surface area contributed by atoms with E-state index in [0.29, 0.717) is 18.7 Å². The number of aliphatic imine (C=N–C) groups is 1. The molecule has 1 rings (SSSR count). The number of rotatable bonds is 8. The second-order valence-electron chi connectivity index (χ2n) is 4.85. The van der Waals surface area contributed by atoms with Gasteiger partial charge in [-0.25, -0.2) is 0 Å². The van der Waals surface area contributed by atoms with Crippen LogP contribution in [0.5, 0.6) is 5.75 Å². The van der Waals surface area contributed by atoms with Crippen molar-refractivity contribution in [1.29, 1.82) is 0 Å². The molecule has 10 heteroatoms. The average molecular weight is 475 g/mol. The van der Waals surface area contributed by atoms with Crippen LogP contribution in [0.4, 0.5) is 18.9 Å². The van der Waals surface area contributed by atoms with E-state index < -0.39 is 6.36 Å². The van der Waals surface area contributed by atoms with Crippen LogP contribution in [0.25, 0.3) is 0 Å². The highest BCUT2D eigenvalue weighted by molar-refractivity contribution is 14.0. The molecule has 0 saturated heterocycles. The van der Waals surface area contributed by atoms with Crippen molar-refractivity contribution in [3.63, 3.8) is 0 Å². The van der Waals surface area contributed by atoms with Gasteiger partial charge in [0.2, 0.25) is 0 Å². The van der Waals surface area contributed by atoms with Crippen LogP contribution >= 0.6 is 24.0 Å². The molecule has 0 heterocycles. The van der Waals surface area contributed by atoms with Crippen molar-refractivity contribution in [2.45, 2.75) is 32.0 Å². The van der Waals surface area contributed by atoms with Crippen molar-refractivity contribution in [3.8, 4) is 5.75 Å². The Balaban J connectivity index is 0.00000576. The van der Waals surface area contributed by atoms with Crippen LogP contribution in [0.1, 0.15) is 25.7 Å². The number of nitrogens with zero attached hydrogens (tertiary/aromatic N) is 1. The largest absolute Gasteiger partial charge is 0.573 e. The Labute approximate surface area is 161 Å².